The maximum absolute atomic E-state index is 11.6. The fourth-order valence-electron chi connectivity index (χ4n) is 2.41. The Hall–Kier alpha value is -0.570. The van der Waals surface area contributed by atoms with Crippen molar-refractivity contribution in [2.24, 2.45) is 5.73 Å². The molecule has 3 nitrogen and oxygen atoms in total. The fraction of sp³-hybridized carbons (Fsp3) is 0.933. The van der Waals surface area contributed by atoms with Gasteiger partial charge >= 0.3 is 0 Å². The van der Waals surface area contributed by atoms with Crippen molar-refractivity contribution in [1.29, 1.82) is 0 Å². The van der Waals surface area contributed by atoms with Crippen LogP contribution in [0.5, 0.6) is 0 Å². The van der Waals surface area contributed by atoms with E-state index in [0.717, 1.165) is 19.3 Å². The van der Waals surface area contributed by atoms with Gasteiger partial charge in [-0.2, -0.15) is 0 Å². The van der Waals surface area contributed by atoms with Crippen LogP contribution in [0.1, 0.15) is 77.6 Å². The second-order valence-corrected chi connectivity index (χ2v) is 5.86. The molecule has 1 aliphatic rings. The van der Waals surface area contributed by atoms with Crippen molar-refractivity contribution >= 4 is 5.91 Å². The van der Waals surface area contributed by atoms with Gasteiger partial charge in [0.2, 0.25) is 5.91 Å². The van der Waals surface area contributed by atoms with Gasteiger partial charge in [0.25, 0.3) is 0 Å². The molecular weight excluding hydrogens is 224 g/mol. The van der Waals surface area contributed by atoms with E-state index in [1.165, 1.54) is 44.9 Å². The van der Waals surface area contributed by atoms with Crippen LogP contribution in [0.2, 0.25) is 0 Å². The summed E-state index contributed by atoms with van der Waals surface area (Å²) in [6, 6.07) is 0. The summed E-state index contributed by atoms with van der Waals surface area (Å²) in [6.45, 7) is 2.90. The lowest BCUT2D eigenvalue weighted by molar-refractivity contribution is -0.121. The van der Waals surface area contributed by atoms with Crippen LogP contribution in [0.4, 0.5) is 0 Å². The summed E-state index contributed by atoms with van der Waals surface area (Å²) in [5.41, 5.74) is 5.97. The van der Waals surface area contributed by atoms with Crippen molar-refractivity contribution < 1.29 is 4.79 Å². The molecule has 0 spiro atoms. The number of nitrogens with one attached hydrogen (secondary N) is 1. The van der Waals surface area contributed by atoms with Gasteiger partial charge in [0.15, 0.2) is 0 Å². The highest BCUT2D eigenvalue weighted by molar-refractivity contribution is 5.75. The fourth-order valence-corrected chi connectivity index (χ4v) is 2.41. The Morgan fingerprint density at radius 2 is 1.72 bits per heavy atom. The molecule has 1 aliphatic carbocycles. The first-order valence-electron chi connectivity index (χ1n) is 7.72. The molecule has 0 bridgehead atoms. The summed E-state index contributed by atoms with van der Waals surface area (Å²) in [6.07, 6.45) is 12.8. The number of nitrogens with two attached hydrogens (primary N) is 1. The molecule has 0 unspecified atom stereocenters. The Labute approximate surface area is 112 Å². The molecule has 3 heteroatoms. The predicted octanol–water partition coefficient (Wildman–Crippen LogP) is 3.12. The van der Waals surface area contributed by atoms with Crippen molar-refractivity contribution in [3.05, 3.63) is 0 Å². The molecule has 0 aliphatic heterocycles. The molecule has 18 heavy (non-hydrogen) atoms. The first-order chi connectivity index (χ1) is 8.66. The third kappa shape index (κ3) is 6.39. The van der Waals surface area contributed by atoms with E-state index in [9.17, 15) is 4.79 Å². The van der Waals surface area contributed by atoms with Gasteiger partial charge in [-0.05, 0) is 25.7 Å². The van der Waals surface area contributed by atoms with Gasteiger partial charge < -0.3 is 11.1 Å². The number of hydrogen-bond acceptors (Lipinski definition) is 2. The van der Waals surface area contributed by atoms with Crippen molar-refractivity contribution in [2.75, 3.05) is 6.54 Å². The van der Waals surface area contributed by atoms with Crippen LogP contribution in [0.25, 0.3) is 0 Å². The molecule has 1 rings (SSSR count). The molecule has 3 N–H and O–H groups in total. The van der Waals surface area contributed by atoms with Crippen LogP contribution in [-0.4, -0.2) is 18.0 Å². The average Bonchev–Trinajstić information content (AvgIpc) is 2.33. The number of carbonyl (C=O) groups excluding carboxylic acids is 1. The molecular formula is C15H30N2O. The van der Waals surface area contributed by atoms with Gasteiger partial charge in [0.1, 0.15) is 0 Å². The number of carbonyl (C=O) groups is 1. The highest BCUT2D eigenvalue weighted by Gasteiger charge is 2.32. The topological polar surface area (TPSA) is 55.1 Å². The minimum absolute atomic E-state index is 0.0875. The third-order valence-electron chi connectivity index (χ3n) is 3.99. The standard InChI is InChI=1S/C15H30N2O/c1-2-3-4-5-6-7-8-10-14(18)17-13-15(16)11-9-12-15/h2-13,16H2,1H3,(H,17,18). The normalized spacial score (nSPS) is 17.2. The second-order valence-electron chi connectivity index (χ2n) is 5.86. The molecule has 0 saturated heterocycles. The van der Waals surface area contributed by atoms with E-state index in [2.05, 4.69) is 12.2 Å². The van der Waals surface area contributed by atoms with E-state index in [4.69, 9.17) is 5.73 Å². The lowest BCUT2D eigenvalue weighted by Crippen LogP contribution is -2.54. The van der Waals surface area contributed by atoms with Gasteiger partial charge in [-0.15, -0.1) is 0 Å². The van der Waals surface area contributed by atoms with Crippen molar-refractivity contribution in [3.63, 3.8) is 0 Å². The summed E-state index contributed by atoms with van der Waals surface area (Å²) >= 11 is 0. The Kier molecular flexibility index (Phi) is 7.33. The van der Waals surface area contributed by atoms with Crippen LogP contribution in [0.15, 0.2) is 0 Å². The maximum atomic E-state index is 11.6. The first-order valence-corrected chi connectivity index (χ1v) is 7.72. The Bertz CT molecular complexity index is 237. The lowest BCUT2D eigenvalue weighted by atomic mass is 9.78. The molecule has 0 heterocycles. The van der Waals surface area contributed by atoms with Crippen molar-refractivity contribution in [3.8, 4) is 0 Å². The Morgan fingerprint density at radius 1 is 1.11 bits per heavy atom. The summed E-state index contributed by atoms with van der Waals surface area (Å²) in [7, 11) is 0. The highest BCUT2D eigenvalue weighted by Crippen LogP contribution is 2.28. The quantitative estimate of drug-likeness (QED) is 0.588. The van der Waals surface area contributed by atoms with Gasteiger partial charge in [0.05, 0.1) is 0 Å². The zero-order chi connectivity index (χ0) is 13.3. The smallest absolute Gasteiger partial charge is 0.220 e. The van der Waals surface area contributed by atoms with Gasteiger partial charge in [-0.1, -0.05) is 45.4 Å². The van der Waals surface area contributed by atoms with Gasteiger partial charge in [-0.25, -0.2) is 0 Å². The molecule has 0 radical (unpaired) electrons. The monoisotopic (exact) mass is 254 g/mol. The number of amides is 1. The molecule has 0 aromatic rings. The number of unbranched alkanes of at least 4 members (excludes halogenated alkanes) is 6. The molecule has 106 valence electrons. The summed E-state index contributed by atoms with van der Waals surface area (Å²) in [5.74, 6) is 0.181. The Morgan fingerprint density at radius 3 is 2.28 bits per heavy atom. The molecule has 1 fully saturated rings. The Balaban J connectivity index is 1.87. The van der Waals surface area contributed by atoms with Crippen molar-refractivity contribution in [1.82, 2.24) is 5.32 Å². The molecule has 1 amide bonds. The molecule has 0 atom stereocenters. The first kappa shape index (κ1) is 15.5. The third-order valence-corrected chi connectivity index (χ3v) is 3.99. The zero-order valence-corrected chi connectivity index (χ0v) is 12.0. The van der Waals surface area contributed by atoms with Crippen molar-refractivity contribution in [2.45, 2.75) is 83.1 Å². The largest absolute Gasteiger partial charge is 0.354 e. The van der Waals surface area contributed by atoms with E-state index >= 15 is 0 Å². The van der Waals surface area contributed by atoms with Gasteiger partial charge in [0, 0.05) is 18.5 Å². The van der Waals surface area contributed by atoms with E-state index in [0.29, 0.717) is 13.0 Å². The average molecular weight is 254 g/mol. The van der Waals surface area contributed by atoms with Crippen LogP contribution < -0.4 is 11.1 Å². The lowest BCUT2D eigenvalue weighted by Gasteiger charge is -2.38. The second kappa shape index (κ2) is 8.52. The summed E-state index contributed by atoms with van der Waals surface area (Å²) in [4.78, 5) is 11.6. The number of hydrogen-bond donors (Lipinski definition) is 2. The molecule has 0 aromatic carbocycles. The van der Waals surface area contributed by atoms with Crippen LogP contribution in [0.3, 0.4) is 0 Å². The molecule has 1 saturated carbocycles. The van der Waals surface area contributed by atoms with Crippen LogP contribution in [0, 0.1) is 0 Å². The highest BCUT2D eigenvalue weighted by atomic mass is 16.1. The maximum Gasteiger partial charge on any atom is 0.220 e. The minimum Gasteiger partial charge on any atom is -0.354 e. The van der Waals surface area contributed by atoms with E-state index in [1.54, 1.807) is 0 Å². The van der Waals surface area contributed by atoms with Crippen LogP contribution in [-0.2, 0) is 4.79 Å². The van der Waals surface area contributed by atoms with E-state index < -0.39 is 0 Å². The van der Waals surface area contributed by atoms with Gasteiger partial charge in [-0.3, -0.25) is 4.79 Å². The minimum atomic E-state index is -0.0875. The van der Waals surface area contributed by atoms with E-state index in [-0.39, 0.29) is 11.4 Å². The summed E-state index contributed by atoms with van der Waals surface area (Å²) < 4.78 is 0. The molecule has 0 aromatic heterocycles. The van der Waals surface area contributed by atoms with E-state index in [1.807, 2.05) is 0 Å². The SMILES string of the molecule is CCCCCCCCCC(=O)NCC1(N)CCC1. The number of rotatable bonds is 10. The predicted molar refractivity (Wildman–Crippen MR) is 76.4 cm³/mol. The summed E-state index contributed by atoms with van der Waals surface area (Å²) in [5, 5.41) is 2.97. The van der Waals surface area contributed by atoms with Crippen LogP contribution >= 0.6 is 0 Å². The zero-order valence-electron chi connectivity index (χ0n) is 12.0.